The highest BCUT2D eigenvalue weighted by atomic mass is 79.9. The summed E-state index contributed by atoms with van der Waals surface area (Å²) in [5.74, 6) is -2.49. The van der Waals surface area contributed by atoms with Gasteiger partial charge in [0.1, 0.15) is 5.57 Å². The number of carboxylic acid groups (broad SMARTS) is 1. The number of nitrogens with one attached hydrogen (secondary N) is 1. The number of carboxylic acids is 1. The van der Waals surface area contributed by atoms with Crippen LogP contribution in [0.4, 0.5) is 10.5 Å². The zero-order chi connectivity index (χ0) is 24.7. The van der Waals surface area contributed by atoms with E-state index in [1.54, 1.807) is 36.4 Å². The highest BCUT2D eigenvalue weighted by Crippen LogP contribution is 2.28. The minimum atomic E-state index is -1.01. The summed E-state index contributed by atoms with van der Waals surface area (Å²) in [5, 5.41) is 11.5. The first-order chi connectivity index (χ1) is 16.1. The number of carbonyl (C=O) groups is 4. The molecule has 0 radical (unpaired) electrons. The van der Waals surface area contributed by atoms with Crippen molar-refractivity contribution in [2.45, 2.75) is 20.8 Å². The van der Waals surface area contributed by atoms with E-state index in [4.69, 9.17) is 0 Å². The molecule has 2 heterocycles. The van der Waals surface area contributed by atoms with Gasteiger partial charge in [-0.05, 0) is 86.5 Å². The molecular weight excluding hydrogens is 502 g/mol. The number of hydrogen-bond donors (Lipinski definition) is 2. The van der Waals surface area contributed by atoms with Crippen LogP contribution in [-0.2, 0) is 9.59 Å². The molecule has 0 atom stereocenters. The van der Waals surface area contributed by atoms with Crippen molar-refractivity contribution >= 4 is 51.5 Å². The molecule has 1 aliphatic heterocycles. The first-order valence-electron chi connectivity index (χ1n) is 10.3. The Balaban J connectivity index is 1.76. The number of hydrogen-bond acceptors (Lipinski definition) is 4. The molecule has 2 aromatic carbocycles. The van der Waals surface area contributed by atoms with Crippen LogP contribution in [0.5, 0.6) is 0 Å². The summed E-state index contributed by atoms with van der Waals surface area (Å²) in [4.78, 5) is 50.3. The Morgan fingerprint density at radius 3 is 2.29 bits per heavy atom. The highest BCUT2D eigenvalue weighted by Gasteiger charge is 2.37. The smallest absolute Gasteiger partial charge is 0.335 e. The quantitative estimate of drug-likeness (QED) is 0.387. The number of nitrogens with zero attached hydrogens (tertiary/aromatic N) is 2. The van der Waals surface area contributed by atoms with Crippen LogP contribution in [0.15, 0.2) is 58.6 Å². The van der Waals surface area contributed by atoms with E-state index in [1.807, 2.05) is 31.4 Å². The summed E-state index contributed by atoms with van der Waals surface area (Å²) in [6.07, 6.45) is 1.47. The standard InChI is InChI=1S/C25H20BrN3O5/c1-13-10-16(24(32)33)4-9-21(13)28-14(2)11-17(15(28)3)12-20-22(30)27-25(34)29(23(20)31)19-7-5-18(26)6-8-19/h4-12H,1-3H3,(H,32,33)(H,27,30,34)/b20-12+. The number of anilines is 1. The van der Waals surface area contributed by atoms with Gasteiger partial charge in [-0.2, -0.15) is 0 Å². The summed E-state index contributed by atoms with van der Waals surface area (Å²) in [5.41, 5.74) is 4.12. The van der Waals surface area contributed by atoms with Crippen LogP contribution >= 0.6 is 15.9 Å². The molecule has 1 saturated heterocycles. The van der Waals surface area contributed by atoms with E-state index in [1.165, 1.54) is 12.1 Å². The lowest BCUT2D eigenvalue weighted by Crippen LogP contribution is -2.54. The number of halogens is 1. The lowest BCUT2D eigenvalue weighted by atomic mass is 10.1. The highest BCUT2D eigenvalue weighted by molar-refractivity contribution is 9.10. The van der Waals surface area contributed by atoms with Gasteiger partial charge in [-0.25, -0.2) is 14.5 Å². The van der Waals surface area contributed by atoms with Crippen molar-refractivity contribution in [2.75, 3.05) is 4.90 Å². The van der Waals surface area contributed by atoms with Gasteiger partial charge in [-0.15, -0.1) is 0 Å². The molecule has 4 rings (SSSR count). The monoisotopic (exact) mass is 521 g/mol. The average Bonchev–Trinajstić information content (AvgIpc) is 3.05. The molecule has 3 aromatic rings. The van der Waals surface area contributed by atoms with E-state index in [9.17, 15) is 24.3 Å². The van der Waals surface area contributed by atoms with Crippen molar-refractivity contribution in [2.24, 2.45) is 0 Å². The van der Waals surface area contributed by atoms with Crippen LogP contribution in [0.2, 0.25) is 0 Å². The maximum atomic E-state index is 13.2. The van der Waals surface area contributed by atoms with Crippen LogP contribution < -0.4 is 10.2 Å². The number of rotatable bonds is 4. The van der Waals surface area contributed by atoms with E-state index < -0.39 is 23.8 Å². The minimum Gasteiger partial charge on any atom is -0.478 e. The fourth-order valence-electron chi connectivity index (χ4n) is 3.98. The summed E-state index contributed by atoms with van der Waals surface area (Å²) < 4.78 is 2.71. The molecule has 0 aliphatic carbocycles. The number of carbonyl (C=O) groups excluding carboxylic acids is 3. The summed E-state index contributed by atoms with van der Waals surface area (Å²) >= 11 is 3.32. The topological polar surface area (TPSA) is 109 Å². The second-order valence-corrected chi connectivity index (χ2v) is 8.82. The zero-order valence-electron chi connectivity index (χ0n) is 18.5. The Bertz CT molecular complexity index is 1400. The molecule has 2 N–H and O–H groups in total. The molecule has 0 unspecified atom stereocenters. The number of urea groups is 1. The molecule has 0 bridgehead atoms. The minimum absolute atomic E-state index is 0.166. The van der Waals surface area contributed by atoms with Crippen molar-refractivity contribution in [1.82, 2.24) is 9.88 Å². The van der Waals surface area contributed by atoms with Gasteiger partial charge in [0, 0.05) is 21.5 Å². The summed E-state index contributed by atoms with van der Waals surface area (Å²) in [6.45, 7) is 5.53. The number of aryl methyl sites for hydroxylation is 2. The summed E-state index contributed by atoms with van der Waals surface area (Å²) in [6, 6.07) is 12.5. The molecule has 0 saturated carbocycles. The fourth-order valence-corrected chi connectivity index (χ4v) is 4.25. The van der Waals surface area contributed by atoms with Crippen LogP contribution in [0.3, 0.4) is 0 Å². The van der Waals surface area contributed by atoms with Gasteiger partial charge in [0.05, 0.1) is 11.3 Å². The molecule has 1 aliphatic rings. The van der Waals surface area contributed by atoms with Crippen LogP contribution in [0.1, 0.15) is 32.9 Å². The Labute approximate surface area is 203 Å². The number of benzene rings is 2. The average molecular weight is 522 g/mol. The van der Waals surface area contributed by atoms with Gasteiger partial charge in [-0.1, -0.05) is 15.9 Å². The first-order valence-corrected chi connectivity index (χ1v) is 11.1. The second kappa shape index (κ2) is 8.75. The number of amides is 4. The number of imide groups is 2. The normalized spacial score (nSPS) is 15.1. The lowest BCUT2D eigenvalue weighted by Gasteiger charge is -2.26. The molecule has 172 valence electrons. The Hall–Kier alpha value is -3.98. The van der Waals surface area contributed by atoms with Gasteiger partial charge < -0.3 is 9.67 Å². The Morgan fingerprint density at radius 2 is 1.68 bits per heavy atom. The number of aromatic carboxylic acids is 1. The van der Waals surface area contributed by atoms with Gasteiger partial charge in [-0.3, -0.25) is 14.9 Å². The Morgan fingerprint density at radius 1 is 1.00 bits per heavy atom. The van der Waals surface area contributed by atoms with Crippen molar-refractivity contribution in [3.05, 3.63) is 86.7 Å². The number of aromatic nitrogens is 1. The molecular formula is C25H20BrN3O5. The molecule has 4 amide bonds. The first kappa shape index (κ1) is 23.2. The lowest BCUT2D eigenvalue weighted by molar-refractivity contribution is -0.122. The predicted octanol–water partition coefficient (Wildman–Crippen LogP) is 4.53. The van der Waals surface area contributed by atoms with E-state index in [-0.39, 0.29) is 11.1 Å². The molecule has 1 aromatic heterocycles. The van der Waals surface area contributed by atoms with Crippen LogP contribution in [0.25, 0.3) is 11.8 Å². The molecule has 0 spiro atoms. The molecule has 34 heavy (non-hydrogen) atoms. The van der Waals surface area contributed by atoms with E-state index in [0.29, 0.717) is 11.3 Å². The zero-order valence-corrected chi connectivity index (χ0v) is 20.1. The van der Waals surface area contributed by atoms with Gasteiger partial charge >= 0.3 is 12.0 Å². The van der Waals surface area contributed by atoms with E-state index >= 15 is 0 Å². The van der Waals surface area contributed by atoms with Gasteiger partial charge in [0.25, 0.3) is 11.8 Å². The number of barbiturate groups is 1. The summed E-state index contributed by atoms with van der Waals surface area (Å²) in [7, 11) is 0. The van der Waals surface area contributed by atoms with Crippen molar-refractivity contribution in [3.63, 3.8) is 0 Å². The third-order valence-electron chi connectivity index (χ3n) is 5.64. The van der Waals surface area contributed by atoms with Crippen molar-refractivity contribution in [1.29, 1.82) is 0 Å². The van der Waals surface area contributed by atoms with Crippen LogP contribution in [0, 0.1) is 20.8 Å². The SMILES string of the molecule is Cc1cc(C(=O)O)ccc1-n1c(C)cc(/C=C2\C(=O)NC(=O)N(c3ccc(Br)cc3)C2=O)c1C. The Kier molecular flexibility index (Phi) is 5.97. The third-order valence-corrected chi connectivity index (χ3v) is 6.17. The fraction of sp³-hybridized carbons (Fsp3) is 0.120. The van der Waals surface area contributed by atoms with E-state index in [0.717, 1.165) is 32.0 Å². The molecule has 9 heteroatoms. The molecule has 1 fully saturated rings. The maximum absolute atomic E-state index is 13.2. The van der Waals surface area contributed by atoms with Crippen molar-refractivity contribution < 1.29 is 24.3 Å². The van der Waals surface area contributed by atoms with Gasteiger partial charge in [0.2, 0.25) is 0 Å². The predicted molar refractivity (Wildman–Crippen MR) is 130 cm³/mol. The third kappa shape index (κ3) is 4.06. The van der Waals surface area contributed by atoms with Gasteiger partial charge in [0.15, 0.2) is 0 Å². The van der Waals surface area contributed by atoms with E-state index in [2.05, 4.69) is 21.2 Å². The van der Waals surface area contributed by atoms with Crippen molar-refractivity contribution in [3.8, 4) is 5.69 Å². The largest absolute Gasteiger partial charge is 0.478 e. The maximum Gasteiger partial charge on any atom is 0.335 e. The second-order valence-electron chi connectivity index (χ2n) is 7.90. The molecule has 8 nitrogen and oxygen atoms in total. The van der Waals surface area contributed by atoms with Crippen LogP contribution in [-0.4, -0.2) is 33.5 Å².